The molecule has 0 aliphatic carbocycles. The van der Waals surface area contributed by atoms with E-state index in [1.807, 2.05) is 35.6 Å². The standard InChI is InChI=1S/C29H30ClIN4O7/c1-4-41-25-15-19(13-21(31)27(25)42-17-26(36)34-22-8-6-5-7-20(22)30)16-33-35-29(38)28(37)32-12-11-18-9-10-23(39-2)24(14-18)40-3/h5-10,13-16H,4,11-12,17H2,1-3H3,(H,32,37)(H,34,36)(H,35,38)/b33-16-. The van der Waals surface area contributed by atoms with Crippen LogP contribution < -0.4 is 35.0 Å². The molecule has 0 saturated heterocycles. The Hall–Kier alpha value is -4.04. The van der Waals surface area contributed by atoms with Crippen molar-refractivity contribution < 1.29 is 33.3 Å². The van der Waals surface area contributed by atoms with Crippen LogP contribution in [-0.4, -0.2) is 57.9 Å². The molecule has 0 aliphatic rings. The van der Waals surface area contributed by atoms with Gasteiger partial charge >= 0.3 is 11.8 Å². The molecule has 13 heteroatoms. The summed E-state index contributed by atoms with van der Waals surface area (Å²) in [5.41, 5.74) is 4.17. The molecule has 0 spiro atoms. The summed E-state index contributed by atoms with van der Waals surface area (Å²) < 4.78 is 22.6. The van der Waals surface area contributed by atoms with E-state index in [4.69, 9.17) is 30.5 Å². The molecule has 0 radical (unpaired) electrons. The Balaban J connectivity index is 1.53. The van der Waals surface area contributed by atoms with Crippen molar-refractivity contribution in [2.75, 3.05) is 39.3 Å². The highest BCUT2D eigenvalue weighted by Gasteiger charge is 2.15. The summed E-state index contributed by atoms with van der Waals surface area (Å²) in [7, 11) is 3.09. The molecule has 0 aliphatic heterocycles. The number of rotatable bonds is 13. The van der Waals surface area contributed by atoms with Gasteiger partial charge in [-0.25, -0.2) is 5.43 Å². The van der Waals surface area contributed by atoms with Gasteiger partial charge in [-0.05, 0) is 83.5 Å². The van der Waals surface area contributed by atoms with Crippen LogP contribution in [0.1, 0.15) is 18.1 Å². The van der Waals surface area contributed by atoms with Gasteiger partial charge in [0.2, 0.25) is 0 Å². The lowest BCUT2D eigenvalue weighted by Gasteiger charge is -2.15. The predicted octanol–water partition coefficient (Wildman–Crippen LogP) is 4.19. The lowest BCUT2D eigenvalue weighted by atomic mass is 10.1. The van der Waals surface area contributed by atoms with E-state index in [2.05, 4.69) is 21.2 Å². The Morgan fingerprint density at radius 3 is 2.43 bits per heavy atom. The third-order valence-corrected chi connectivity index (χ3v) is 6.69. The Morgan fingerprint density at radius 1 is 0.952 bits per heavy atom. The number of halogens is 2. The second-order valence-corrected chi connectivity index (χ2v) is 10.0. The quantitative estimate of drug-likeness (QED) is 0.105. The van der Waals surface area contributed by atoms with E-state index in [1.54, 1.807) is 62.8 Å². The van der Waals surface area contributed by atoms with Gasteiger partial charge in [-0.3, -0.25) is 14.4 Å². The molecule has 3 aromatic rings. The highest BCUT2D eigenvalue weighted by Crippen LogP contribution is 2.34. The van der Waals surface area contributed by atoms with Gasteiger partial charge in [0.05, 0.1) is 41.3 Å². The fourth-order valence-corrected chi connectivity index (χ4v) is 4.57. The van der Waals surface area contributed by atoms with Crippen LogP contribution in [0.3, 0.4) is 0 Å². The van der Waals surface area contributed by atoms with Gasteiger partial charge in [0, 0.05) is 6.54 Å². The number of carbonyl (C=O) groups is 3. The number of hydrazone groups is 1. The van der Waals surface area contributed by atoms with Crippen molar-refractivity contribution >= 4 is 63.8 Å². The van der Waals surface area contributed by atoms with Crippen LogP contribution in [0, 0.1) is 3.57 Å². The maximum atomic E-state index is 12.4. The van der Waals surface area contributed by atoms with Gasteiger partial charge in [-0.2, -0.15) is 5.10 Å². The van der Waals surface area contributed by atoms with Crippen molar-refractivity contribution in [3.05, 3.63) is 74.3 Å². The Labute approximate surface area is 262 Å². The number of benzene rings is 3. The number of ether oxygens (including phenoxy) is 4. The molecule has 0 fully saturated rings. The SMILES string of the molecule is CCOc1cc(/C=N\NC(=O)C(=O)NCCc2ccc(OC)c(OC)c2)cc(I)c1OCC(=O)Nc1ccccc1Cl. The first-order valence-electron chi connectivity index (χ1n) is 12.7. The molecule has 3 amide bonds. The van der Waals surface area contributed by atoms with E-state index < -0.39 is 17.7 Å². The van der Waals surface area contributed by atoms with Crippen molar-refractivity contribution in [1.29, 1.82) is 0 Å². The number of amides is 3. The van der Waals surface area contributed by atoms with Gasteiger partial charge in [0.25, 0.3) is 5.91 Å². The van der Waals surface area contributed by atoms with Crippen LogP contribution in [-0.2, 0) is 20.8 Å². The van der Waals surface area contributed by atoms with Crippen molar-refractivity contribution in [1.82, 2.24) is 10.7 Å². The molecule has 0 atom stereocenters. The lowest BCUT2D eigenvalue weighted by Crippen LogP contribution is -2.38. The number of para-hydroxylation sites is 1. The molecule has 0 aromatic heterocycles. The molecule has 0 saturated carbocycles. The monoisotopic (exact) mass is 708 g/mol. The number of anilines is 1. The van der Waals surface area contributed by atoms with Crippen LogP contribution in [0.2, 0.25) is 5.02 Å². The Bertz CT molecular complexity index is 1450. The molecule has 3 rings (SSSR count). The molecule has 0 bridgehead atoms. The minimum absolute atomic E-state index is 0.235. The normalized spacial score (nSPS) is 10.6. The van der Waals surface area contributed by atoms with E-state index in [1.165, 1.54) is 6.21 Å². The Kier molecular flexibility index (Phi) is 12.7. The number of nitrogens with zero attached hydrogens (tertiary/aromatic N) is 1. The summed E-state index contributed by atoms with van der Waals surface area (Å²) in [5.74, 6) is -0.188. The number of nitrogens with one attached hydrogen (secondary N) is 3. The smallest absolute Gasteiger partial charge is 0.329 e. The van der Waals surface area contributed by atoms with Gasteiger partial charge in [0.1, 0.15) is 0 Å². The molecular weight excluding hydrogens is 679 g/mol. The zero-order valence-corrected chi connectivity index (χ0v) is 26.1. The minimum Gasteiger partial charge on any atom is -0.493 e. The molecule has 0 heterocycles. The summed E-state index contributed by atoms with van der Waals surface area (Å²) in [6, 6.07) is 15.7. The largest absolute Gasteiger partial charge is 0.493 e. The third-order valence-electron chi connectivity index (χ3n) is 5.56. The number of hydrogen-bond donors (Lipinski definition) is 3. The van der Waals surface area contributed by atoms with E-state index >= 15 is 0 Å². The van der Waals surface area contributed by atoms with Crippen molar-refractivity contribution in [2.45, 2.75) is 13.3 Å². The van der Waals surface area contributed by atoms with E-state index in [9.17, 15) is 14.4 Å². The van der Waals surface area contributed by atoms with Gasteiger partial charge in [-0.1, -0.05) is 29.8 Å². The van der Waals surface area contributed by atoms with E-state index in [-0.39, 0.29) is 13.2 Å². The van der Waals surface area contributed by atoms with E-state index in [0.29, 0.717) is 55.9 Å². The fraction of sp³-hybridized carbons (Fsp3) is 0.241. The number of methoxy groups -OCH3 is 2. The summed E-state index contributed by atoms with van der Waals surface area (Å²) in [5, 5.41) is 9.55. The fourth-order valence-electron chi connectivity index (χ4n) is 3.61. The lowest BCUT2D eigenvalue weighted by molar-refractivity contribution is -0.139. The first-order valence-corrected chi connectivity index (χ1v) is 14.2. The molecular formula is C29H30ClIN4O7. The first kappa shape index (κ1) is 32.5. The summed E-state index contributed by atoms with van der Waals surface area (Å²) in [6.45, 7) is 2.12. The molecule has 0 unspecified atom stereocenters. The maximum Gasteiger partial charge on any atom is 0.329 e. The summed E-state index contributed by atoms with van der Waals surface area (Å²) in [4.78, 5) is 36.8. The first-order chi connectivity index (χ1) is 20.2. The topological polar surface area (TPSA) is 137 Å². The average Bonchev–Trinajstić information content (AvgIpc) is 2.97. The zero-order valence-electron chi connectivity index (χ0n) is 23.2. The second-order valence-electron chi connectivity index (χ2n) is 8.47. The molecule has 222 valence electrons. The number of hydrogen-bond acceptors (Lipinski definition) is 8. The Morgan fingerprint density at radius 2 is 1.71 bits per heavy atom. The van der Waals surface area contributed by atoms with Gasteiger partial charge < -0.3 is 29.6 Å². The van der Waals surface area contributed by atoms with E-state index in [0.717, 1.165) is 5.56 Å². The highest BCUT2D eigenvalue weighted by molar-refractivity contribution is 14.1. The van der Waals surface area contributed by atoms with Crippen LogP contribution in [0.5, 0.6) is 23.0 Å². The molecule has 3 N–H and O–H groups in total. The average molecular weight is 709 g/mol. The van der Waals surface area contributed by atoms with Crippen LogP contribution in [0.15, 0.2) is 59.7 Å². The second kappa shape index (κ2) is 16.4. The van der Waals surface area contributed by atoms with Gasteiger partial charge in [0.15, 0.2) is 29.6 Å². The predicted molar refractivity (Wildman–Crippen MR) is 168 cm³/mol. The molecule has 3 aromatic carbocycles. The molecule has 11 nitrogen and oxygen atoms in total. The summed E-state index contributed by atoms with van der Waals surface area (Å²) in [6.07, 6.45) is 1.85. The minimum atomic E-state index is -0.914. The van der Waals surface area contributed by atoms with Crippen LogP contribution >= 0.6 is 34.2 Å². The maximum absolute atomic E-state index is 12.4. The van der Waals surface area contributed by atoms with Crippen molar-refractivity contribution in [3.8, 4) is 23.0 Å². The summed E-state index contributed by atoms with van der Waals surface area (Å²) >= 11 is 8.14. The number of carbonyl (C=O) groups excluding carboxylic acids is 3. The van der Waals surface area contributed by atoms with Crippen molar-refractivity contribution in [2.24, 2.45) is 5.10 Å². The highest BCUT2D eigenvalue weighted by atomic mass is 127. The van der Waals surface area contributed by atoms with Crippen molar-refractivity contribution in [3.63, 3.8) is 0 Å². The third kappa shape index (κ3) is 9.52. The zero-order chi connectivity index (χ0) is 30.5. The molecule has 42 heavy (non-hydrogen) atoms. The van der Waals surface area contributed by atoms with Crippen LogP contribution in [0.4, 0.5) is 5.69 Å². The van der Waals surface area contributed by atoms with Crippen LogP contribution in [0.25, 0.3) is 0 Å². The van der Waals surface area contributed by atoms with Gasteiger partial charge in [-0.15, -0.1) is 0 Å².